The lowest BCUT2D eigenvalue weighted by Gasteiger charge is -2.14. The molecule has 0 saturated heterocycles. The molecule has 2 heteroatoms. The lowest BCUT2D eigenvalue weighted by molar-refractivity contribution is 0.802. The SMILES string of the molecule is CCCCc1c2cccc(C#C[Si](C)(C)C)c2cc2c(C#C[Si](C)(C)C)cccc12. The first-order chi connectivity index (χ1) is 14.1. The first-order valence-electron chi connectivity index (χ1n) is 11.1. The maximum Gasteiger partial charge on any atom is 0.129 e. The van der Waals surface area contributed by atoms with Crippen LogP contribution in [0.1, 0.15) is 36.5 Å². The normalized spacial score (nSPS) is 11.7. The highest BCUT2D eigenvalue weighted by molar-refractivity contribution is 6.84. The molecule has 0 aromatic heterocycles. The fourth-order valence-electron chi connectivity index (χ4n) is 3.61. The minimum atomic E-state index is -1.44. The quantitative estimate of drug-likeness (QED) is 0.228. The Labute approximate surface area is 185 Å². The molecule has 3 rings (SSSR count). The van der Waals surface area contributed by atoms with E-state index in [0.717, 1.165) is 17.5 Å². The zero-order valence-corrected chi connectivity index (χ0v) is 21.7. The molecule has 0 atom stereocenters. The van der Waals surface area contributed by atoms with E-state index in [1.54, 1.807) is 0 Å². The van der Waals surface area contributed by atoms with Crippen molar-refractivity contribution in [3.8, 4) is 22.9 Å². The van der Waals surface area contributed by atoms with Gasteiger partial charge in [-0.1, -0.05) is 88.7 Å². The number of benzene rings is 3. The van der Waals surface area contributed by atoms with E-state index in [1.807, 2.05) is 0 Å². The summed E-state index contributed by atoms with van der Waals surface area (Å²) in [6.45, 7) is 16.1. The van der Waals surface area contributed by atoms with Gasteiger partial charge in [0.25, 0.3) is 0 Å². The Balaban J connectivity index is 2.38. The summed E-state index contributed by atoms with van der Waals surface area (Å²) in [4.78, 5) is 0. The highest BCUT2D eigenvalue weighted by Crippen LogP contribution is 2.33. The summed E-state index contributed by atoms with van der Waals surface area (Å²) in [6, 6.07) is 15.6. The third-order valence-electron chi connectivity index (χ3n) is 5.08. The Morgan fingerprint density at radius 3 is 1.53 bits per heavy atom. The molecule has 30 heavy (non-hydrogen) atoms. The van der Waals surface area contributed by atoms with Crippen molar-refractivity contribution in [2.75, 3.05) is 0 Å². The molecular formula is C28H34Si2. The molecule has 0 fully saturated rings. The number of hydrogen-bond donors (Lipinski definition) is 0. The summed E-state index contributed by atoms with van der Waals surface area (Å²) in [5.74, 6) is 7.07. The van der Waals surface area contributed by atoms with Gasteiger partial charge in [0.1, 0.15) is 16.1 Å². The number of rotatable bonds is 3. The van der Waals surface area contributed by atoms with Gasteiger partial charge in [-0.25, -0.2) is 0 Å². The zero-order valence-electron chi connectivity index (χ0n) is 19.7. The molecule has 0 amide bonds. The van der Waals surface area contributed by atoms with Crippen molar-refractivity contribution < 1.29 is 0 Å². The third kappa shape index (κ3) is 5.45. The van der Waals surface area contributed by atoms with E-state index in [1.165, 1.54) is 39.9 Å². The van der Waals surface area contributed by atoms with Crippen molar-refractivity contribution in [1.29, 1.82) is 0 Å². The number of hydrogen-bond acceptors (Lipinski definition) is 0. The smallest absolute Gasteiger partial charge is 0.127 e. The number of unbranched alkanes of at least 4 members (excludes halogenated alkanes) is 1. The van der Waals surface area contributed by atoms with Crippen LogP contribution in [-0.4, -0.2) is 16.1 Å². The maximum absolute atomic E-state index is 3.57. The van der Waals surface area contributed by atoms with Gasteiger partial charge in [-0.2, -0.15) is 0 Å². The molecule has 0 aliphatic rings. The van der Waals surface area contributed by atoms with Gasteiger partial charge in [0.2, 0.25) is 0 Å². The molecule has 3 aromatic carbocycles. The van der Waals surface area contributed by atoms with Gasteiger partial charge in [0.05, 0.1) is 0 Å². The molecule has 0 aliphatic heterocycles. The Morgan fingerprint density at radius 2 is 1.13 bits per heavy atom. The van der Waals surface area contributed by atoms with Crippen molar-refractivity contribution >= 4 is 37.7 Å². The molecule has 0 N–H and O–H groups in total. The molecule has 0 spiro atoms. The summed E-state index contributed by atoms with van der Waals surface area (Å²) in [7, 11) is -2.88. The molecule has 0 radical (unpaired) electrons. The molecule has 0 heterocycles. The lowest BCUT2D eigenvalue weighted by atomic mass is 9.90. The van der Waals surface area contributed by atoms with Gasteiger partial charge in [-0.05, 0) is 58.1 Å². The van der Waals surface area contributed by atoms with Gasteiger partial charge in [-0.15, -0.1) is 11.1 Å². The zero-order chi connectivity index (χ0) is 21.9. The van der Waals surface area contributed by atoms with Crippen LogP contribution in [0.5, 0.6) is 0 Å². The van der Waals surface area contributed by atoms with Crippen LogP contribution in [0.15, 0.2) is 42.5 Å². The highest BCUT2D eigenvalue weighted by Gasteiger charge is 2.13. The van der Waals surface area contributed by atoms with E-state index >= 15 is 0 Å². The fraction of sp³-hybridized carbons (Fsp3) is 0.357. The average Bonchev–Trinajstić information content (AvgIpc) is 2.66. The van der Waals surface area contributed by atoms with Crippen molar-refractivity contribution in [2.24, 2.45) is 0 Å². The predicted octanol–water partition coefficient (Wildman–Crippen LogP) is 7.79. The predicted molar refractivity (Wildman–Crippen MR) is 141 cm³/mol. The van der Waals surface area contributed by atoms with E-state index in [9.17, 15) is 0 Å². The van der Waals surface area contributed by atoms with Gasteiger partial charge in [0.15, 0.2) is 0 Å². The number of aryl methyl sites for hydroxylation is 1. The summed E-state index contributed by atoms with van der Waals surface area (Å²) < 4.78 is 0. The monoisotopic (exact) mass is 426 g/mol. The van der Waals surface area contributed by atoms with E-state index in [-0.39, 0.29) is 0 Å². The second kappa shape index (κ2) is 8.85. The summed E-state index contributed by atoms with van der Waals surface area (Å²) in [6.07, 6.45) is 3.49. The Hall–Kier alpha value is -2.27. The second-order valence-electron chi connectivity index (χ2n) is 10.3. The molecule has 0 bridgehead atoms. The van der Waals surface area contributed by atoms with Crippen LogP contribution in [-0.2, 0) is 6.42 Å². The summed E-state index contributed by atoms with van der Waals surface area (Å²) in [5, 5.41) is 5.27. The molecule has 0 unspecified atom stereocenters. The average molecular weight is 427 g/mol. The molecule has 0 aliphatic carbocycles. The van der Waals surface area contributed by atoms with E-state index in [2.05, 4.69) is 112 Å². The molecule has 3 aromatic rings. The standard InChI is InChI=1S/C28H34Si2/c1-8-9-14-24-25-15-10-12-22(17-19-29(2,3)4)27(25)21-28-23(13-11-16-26(24)28)18-20-30(5,6)7/h10-13,15-16,21H,8-9,14H2,1-7H3. The second-order valence-corrected chi connectivity index (χ2v) is 19.8. The van der Waals surface area contributed by atoms with Crippen molar-refractivity contribution in [3.05, 3.63) is 59.2 Å². The highest BCUT2D eigenvalue weighted by atomic mass is 28.3. The van der Waals surface area contributed by atoms with Gasteiger partial charge in [-0.3, -0.25) is 0 Å². The van der Waals surface area contributed by atoms with E-state index < -0.39 is 16.1 Å². The Kier molecular flexibility index (Phi) is 6.61. The molecule has 0 saturated carbocycles. The van der Waals surface area contributed by atoms with Crippen LogP contribution < -0.4 is 0 Å². The van der Waals surface area contributed by atoms with Crippen LogP contribution in [0, 0.1) is 22.9 Å². The van der Waals surface area contributed by atoms with Gasteiger partial charge >= 0.3 is 0 Å². The first kappa shape index (κ1) is 22.4. The molecule has 154 valence electrons. The molecule has 0 nitrogen and oxygen atoms in total. The number of fused-ring (bicyclic) bond motifs is 2. The van der Waals surface area contributed by atoms with Crippen molar-refractivity contribution in [2.45, 2.75) is 65.5 Å². The largest absolute Gasteiger partial charge is 0.129 e. The topological polar surface area (TPSA) is 0 Å². The minimum absolute atomic E-state index is 1.10. The van der Waals surface area contributed by atoms with Crippen LogP contribution in [0.4, 0.5) is 0 Å². The van der Waals surface area contributed by atoms with Crippen LogP contribution >= 0.6 is 0 Å². The van der Waals surface area contributed by atoms with E-state index in [0.29, 0.717) is 0 Å². The Bertz CT molecular complexity index is 1110. The van der Waals surface area contributed by atoms with E-state index in [4.69, 9.17) is 0 Å². The van der Waals surface area contributed by atoms with Crippen LogP contribution in [0.25, 0.3) is 21.5 Å². The Morgan fingerprint density at radius 1 is 0.667 bits per heavy atom. The summed E-state index contributed by atoms with van der Waals surface area (Å²) >= 11 is 0. The van der Waals surface area contributed by atoms with Gasteiger partial charge in [0, 0.05) is 11.1 Å². The third-order valence-corrected chi connectivity index (χ3v) is 6.83. The first-order valence-corrected chi connectivity index (χ1v) is 18.1. The maximum atomic E-state index is 3.57. The lowest BCUT2D eigenvalue weighted by Crippen LogP contribution is -2.16. The fourth-order valence-corrected chi connectivity index (χ4v) is 4.63. The summed E-state index contributed by atoms with van der Waals surface area (Å²) in [5.41, 5.74) is 10.9. The van der Waals surface area contributed by atoms with Crippen LogP contribution in [0.2, 0.25) is 39.3 Å². The van der Waals surface area contributed by atoms with Crippen molar-refractivity contribution in [1.82, 2.24) is 0 Å². The molecular weight excluding hydrogens is 392 g/mol. The van der Waals surface area contributed by atoms with Gasteiger partial charge < -0.3 is 0 Å². The van der Waals surface area contributed by atoms with Crippen molar-refractivity contribution in [3.63, 3.8) is 0 Å². The minimum Gasteiger partial charge on any atom is -0.127 e. The van der Waals surface area contributed by atoms with Crippen LogP contribution in [0.3, 0.4) is 0 Å².